The molecule has 6 heteroatoms. The second kappa shape index (κ2) is 8.76. The fourth-order valence-corrected chi connectivity index (χ4v) is 2.16. The molecule has 0 saturated heterocycles. The number of methoxy groups -OCH3 is 2. The average molecular weight is 331 g/mol. The Kier molecular flexibility index (Phi) is 6.42. The summed E-state index contributed by atoms with van der Waals surface area (Å²) in [6.45, 7) is 1.09. The molecule has 0 unspecified atom stereocenters. The molecule has 0 atom stereocenters. The van der Waals surface area contributed by atoms with Crippen molar-refractivity contribution in [1.29, 1.82) is 0 Å². The van der Waals surface area contributed by atoms with E-state index in [2.05, 4.69) is 15.6 Å². The number of guanidine groups is 1. The molecule has 2 rings (SSSR count). The first-order valence-corrected chi connectivity index (χ1v) is 7.56. The van der Waals surface area contributed by atoms with Crippen LogP contribution in [0.2, 0.25) is 0 Å². The molecule has 0 spiro atoms. The summed E-state index contributed by atoms with van der Waals surface area (Å²) in [5.74, 6) is 1.32. The van der Waals surface area contributed by atoms with Gasteiger partial charge < -0.3 is 20.1 Å². The zero-order chi connectivity index (χ0) is 17.4. The fourth-order valence-electron chi connectivity index (χ4n) is 2.16. The van der Waals surface area contributed by atoms with Gasteiger partial charge in [-0.3, -0.25) is 4.99 Å². The second-order valence-electron chi connectivity index (χ2n) is 5.10. The maximum atomic E-state index is 13.7. The van der Waals surface area contributed by atoms with E-state index < -0.39 is 0 Å². The van der Waals surface area contributed by atoms with Gasteiger partial charge in [0.25, 0.3) is 0 Å². The number of rotatable bonds is 6. The third-order valence-corrected chi connectivity index (χ3v) is 3.52. The van der Waals surface area contributed by atoms with Gasteiger partial charge in [0.2, 0.25) is 0 Å². The highest BCUT2D eigenvalue weighted by Crippen LogP contribution is 2.17. The molecule has 0 heterocycles. The van der Waals surface area contributed by atoms with Crippen LogP contribution in [0.25, 0.3) is 0 Å². The predicted octanol–water partition coefficient (Wildman–Crippen LogP) is 2.71. The van der Waals surface area contributed by atoms with Gasteiger partial charge in [-0.1, -0.05) is 18.2 Å². The fraction of sp³-hybridized carbons (Fsp3) is 0.278. The van der Waals surface area contributed by atoms with Crippen LogP contribution in [0.5, 0.6) is 11.5 Å². The molecule has 2 aromatic carbocycles. The highest BCUT2D eigenvalue weighted by Gasteiger charge is 2.04. The van der Waals surface area contributed by atoms with Gasteiger partial charge >= 0.3 is 0 Å². The summed E-state index contributed by atoms with van der Waals surface area (Å²) in [7, 11) is 4.78. The lowest BCUT2D eigenvalue weighted by molar-refractivity contribution is 0.386. The molecule has 24 heavy (non-hydrogen) atoms. The number of nitrogens with zero attached hydrogens (tertiary/aromatic N) is 1. The highest BCUT2D eigenvalue weighted by molar-refractivity contribution is 5.79. The number of hydrogen-bond donors (Lipinski definition) is 2. The molecule has 2 aromatic rings. The molecule has 0 aliphatic carbocycles. The van der Waals surface area contributed by atoms with Crippen molar-refractivity contribution in [2.45, 2.75) is 13.1 Å². The Balaban J connectivity index is 1.86. The Labute approximate surface area is 141 Å². The Hall–Kier alpha value is -2.76. The van der Waals surface area contributed by atoms with Crippen LogP contribution in [0.4, 0.5) is 4.39 Å². The van der Waals surface area contributed by atoms with Gasteiger partial charge in [0.15, 0.2) is 17.5 Å². The summed E-state index contributed by atoms with van der Waals surface area (Å²) in [5, 5.41) is 6.36. The molecule has 0 aliphatic heterocycles. The van der Waals surface area contributed by atoms with Gasteiger partial charge in [0.1, 0.15) is 5.75 Å². The van der Waals surface area contributed by atoms with Crippen LogP contribution in [-0.2, 0) is 13.1 Å². The Morgan fingerprint density at radius 2 is 1.58 bits per heavy atom. The number of ether oxygens (including phenoxy) is 2. The van der Waals surface area contributed by atoms with E-state index in [-0.39, 0.29) is 11.6 Å². The highest BCUT2D eigenvalue weighted by atomic mass is 19.1. The Bertz CT molecular complexity index is 687. The second-order valence-corrected chi connectivity index (χ2v) is 5.10. The molecule has 0 bridgehead atoms. The molecule has 5 nitrogen and oxygen atoms in total. The first-order valence-electron chi connectivity index (χ1n) is 7.56. The van der Waals surface area contributed by atoms with Gasteiger partial charge in [-0.05, 0) is 35.4 Å². The largest absolute Gasteiger partial charge is 0.497 e. The number of aliphatic imine (C=N–C) groups is 1. The molecule has 0 fully saturated rings. The minimum absolute atomic E-state index is 0.237. The van der Waals surface area contributed by atoms with E-state index in [1.807, 2.05) is 30.3 Å². The summed E-state index contributed by atoms with van der Waals surface area (Å²) < 4.78 is 23.7. The zero-order valence-corrected chi connectivity index (χ0v) is 14.1. The van der Waals surface area contributed by atoms with E-state index in [0.717, 1.165) is 16.9 Å². The van der Waals surface area contributed by atoms with Crippen molar-refractivity contribution in [1.82, 2.24) is 10.6 Å². The average Bonchev–Trinajstić information content (AvgIpc) is 2.62. The molecule has 128 valence electrons. The van der Waals surface area contributed by atoms with Gasteiger partial charge in [-0.25, -0.2) is 4.39 Å². The maximum Gasteiger partial charge on any atom is 0.191 e. The third-order valence-electron chi connectivity index (χ3n) is 3.52. The van der Waals surface area contributed by atoms with Crippen LogP contribution in [-0.4, -0.2) is 27.2 Å². The number of nitrogens with one attached hydrogen (secondary N) is 2. The maximum absolute atomic E-state index is 13.7. The molecular formula is C18H22FN3O2. The molecule has 0 radical (unpaired) electrons. The molecular weight excluding hydrogens is 309 g/mol. The van der Waals surface area contributed by atoms with Crippen LogP contribution in [0, 0.1) is 5.82 Å². The number of benzene rings is 2. The van der Waals surface area contributed by atoms with Crippen LogP contribution in [0.3, 0.4) is 0 Å². The molecule has 0 saturated carbocycles. The van der Waals surface area contributed by atoms with E-state index in [4.69, 9.17) is 9.47 Å². The lowest BCUT2D eigenvalue weighted by atomic mass is 10.2. The summed E-state index contributed by atoms with van der Waals surface area (Å²) in [6.07, 6.45) is 0. The van der Waals surface area contributed by atoms with Crippen molar-refractivity contribution in [2.24, 2.45) is 4.99 Å². The van der Waals surface area contributed by atoms with Gasteiger partial charge in [-0.2, -0.15) is 0 Å². The number of halogens is 1. The Morgan fingerprint density at radius 1 is 0.958 bits per heavy atom. The van der Waals surface area contributed by atoms with E-state index in [0.29, 0.717) is 19.0 Å². The Morgan fingerprint density at radius 3 is 2.12 bits per heavy atom. The smallest absolute Gasteiger partial charge is 0.191 e. The SMILES string of the molecule is CN=C(NCc1ccc(OC)cc1)NCc1ccc(OC)c(F)c1. The van der Waals surface area contributed by atoms with Crippen molar-refractivity contribution < 1.29 is 13.9 Å². The van der Waals surface area contributed by atoms with E-state index in [1.165, 1.54) is 13.2 Å². The van der Waals surface area contributed by atoms with Crippen LogP contribution in [0.1, 0.15) is 11.1 Å². The molecule has 0 amide bonds. The lowest BCUT2D eigenvalue weighted by Crippen LogP contribution is -2.36. The quantitative estimate of drug-likeness (QED) is 0.631. The standard InChI is InChI=1S/C18H22FN3O2/c1-20-18(21-11-13-4-7-15(23-2)8-5-13)22-12-14-6-9-17(24-3)16(19)10-14/h4-10H,11-12H2,1-3H3,(H2,20,21,22). The monoisotopic (exact) mass is 331 g/mol. The summed E-state index contributed by atoms with van der Waals surface area (Å²) in [5.41, 5.74) is 1.91. The minimum Gasteiger partial charge on any atom is -0.497 e. The van der Waals surface area contributed by atoms with Crippen LogP contribution >= 0.6 is 0 Å². The van der Waals surface area contributed by atoms with Gasteiger partial charge in [0, 0.05) is 20.1 Å². The van der Waals surface area contributed by atoms with Crippen molar-refractivity contribution in [2.75, 3.05) is 21.3 Å². The first kappa shape index (κ1) is 17.6. The minimum atomic E-state index is -0.377. The van der Waals surface area contributed by atoms with Crippen molar-refractivity contribution >= 4 is 5.96 Å². The zero-order valence-electron chi connectivity index (χ0n) is 14.1. The van der Waals surface area contributed by atoms with Gasteiger partial charge in [-0.15, -0.1) is 0 Å². The summed E-state index contributed by atoms with van der Waals surface area (Å²) in [6, 6.07) is 12.7. The summed E-state index contributed by atoms with van der Waals surface area (Å²) >= 11 is 0. The summed E-state index contributed by atoms with van der Waals surface area (Å²) in [4.78, 5) is 4.16. The number of hydrogen-bond acceptors (Lipinski definition) is 3. The molecule has 0 aliphatic rings. The normalized spacial score (nSPS) is 11.1. The van der Waals surface area contributed by atoms with Crippen LogP contribution < -0.4 is 20.1 Å². The predicted molar refractivity (Wildman–Crippen MR) is 93.0 cm³/mol. The van der Waals surface area contributed by atoms with E-state index in [9.17, 15) is 4.39 Å². The molecule has 0 aromatic heterocycles. The molecule has 2 N–H and O–H groups in total. The lowest BCUT2D eigenvalue weighted by Gasteiger charge is -2.13. The van der Waals surface area contributed by atoms with Gasteiger partial charge in [0.05, 0.1) is 14.2 Å². The van der Waals surface area contributed by atoms with E-state index >= 15 is 0 Å². The van der Waals surface area contributed by atoms with Crippen molar-refractivity contribution in [3.05, 3.63) is 59.4 Å². The third kappa shape index (κ3) is 4.87. The first-order chi connectivity index (χ1) is 11.7. The van der Waals surface area contributed by atoms with Crippen molar-refractivity contribution in [3.63, 3.8) is 0 Å². The van der Waals surface area contributed by atoms with Crippen LogP contribution in [0.15, 0.2) is 47.5 Å². The topological polar surface area (TPSA) is 54.9 Å². The van der Waals surface area contributed by atoms with Crippen molar-refractivity contribution in [3.8, 4) is 11.5 Å². The van der Waals surface area contributed by atoms with E-state index in [1.54, 1.807) is 20.2 Å².